The Hall–Kier alpha value is 0.0600. The number of nitrogens with one attached hydrogen (secondary N) is 1. The van der Waals surface area contributed by atoms with Crippen molar-refractivity contribution in [2.75, 3.05) is 19.8 Å². The first-order chi connectivity index (χ1) is 14.4. The highest BCUT2D eigenvalue weighted by molar-refractivity contribution is 7.99. The van der Waals surface area contributed by atoms with Crippen LogP contribution >= 0.6 is 31.2 Å². The number of carbonyl (C=O) groups excluding carboxylic acids is 1. The van der Waals surface area contributed by atoms with Gasteiger partial charge in [-0.15, -0.1) is 23.4 Å². The van der Waals surface area contributed by atoms with Gasteiger partial charge in [-0.2, -0.15) is 0 Å². The Morgan fingerprint density at radius 2 is 2.03 bits per heavy atom. The number of likely N-dealkylation sites (N-methyl/N-ethyl adjacent to an activating group) is 1. The fraction of sp³-hybridized carbons (Fsp3) is 0.944. The van der Waals surface area contributed by atoms with E-state index in [1.165, 1.54) is 0 Å². The Morgan fingerprint density at radius 3 is 2.55 bits per heavy atom. The standard InChI is InChI=1S/C18H34ClN2O8PS/c1-5-6-10-7-11(21(3)8-10)17(24)20-12(9(2)19)15-13(22)14(23)16(18(28-15)31-4)29-30(25,26)27/h9-16,18,22-23H,5-8H2,1-4H3,(H,20,24)(H2,25,26,27)/t9-,10+,11-,12?,13+,14+,15?,16+,18+/m0/s1. The zero-order valence-electron chi connectivity index (χ0n) is 18.1. The highest BCUT2D eigenvalue weighted by Crippen LogP contribution is 2.43. The van der Waals surface area contributed by atoms with Crippen LogP contribution in [0.15, 0.2) is 0 Å². The van der Waals surface area contributed by atoms with Crippen LogP contribution in [0.25, 0.3) is 0 Å². The lowest BCUT2D eigenvalue weighted by molar-refractivity contribution is -0.201. The van der Waals surface area contributed by atoms with E-state index in [2.05, 4.69) is 16.8 Å². The predicted molar refractivity (Wildman–Crippen MR) is 118 cm³/mol. The second kappa shape index (κ2) is 11.5. The van der Waals surface area contributed by atoms with Crippen LogP contribution in [0.1, 0.15) is 33.1 Å². The van der Waals surface area contributed by atoms with Crippen molar-refractivity contribution in [3.8, 4) is 0 Å². The van der Waals surface area contributed by atoms with Crippen LogP contribution in [0.2, 0.25) is 0 Å². The van der Waals surface area contributed by atoms with Gasteiger partial charge in [-0.3, -0.25) is 14.2 Å². The maximum Gasteiger partial charge on any atom is 0.470 e. The van der Waals surface area contributed by atoms with E-state index >= 15 is 0 Å². The molecule has 2 saturated heterocycles. The van der Waals surface area contributed by atoms with Crippen LogP contribution in [-0.4, -0.2) is 98.0 Å². The molecule has 9 atom stereocenters. The highest BCUT2D eigenvalue weighted by atomic mass is 35.5. The first-order valence-corrected chi connectivity index (χ1v) is 13.6. The number of phosphoric acid groups is 1. The van der Waals surface area contributed by atoms with Crippen molar-refractivity contribution in [2.45, 2.75) is 80.4 Å². The van der Waals surface area contributed by atoms with E-state index in [9.17, 15) is 19.6 Å². The molecule has 31 heavy (non-hydrogen) atoms. The van der Waals surface area contributed by atoms with Gasteiger partial charge in [0.1, 0.15) is 29.9 Å². The van der Waals surface area contributed by atoms with Crippen molar-refractivity contribution in [2.24, 2.45) is 5.92 Å². The summed E-state index contributed by atoms with van der Waals surface area (Å²) in [5.74, 6) is 0.195. The molecule has 5 N–H and O–H groups in total. The molecule has 0 bridgehead atoms. The van der Waals surface area contributed by atoms with Gasteiger partial charge in [0.2, 0.25) is 5.91 Å². The number of thioether (sulfide) groups is 1. The summed E-state index contributed by atoms with van der Waals surface area (Å²) in [6.45, 7) is 4.57. The van der Waals surface area contributed by atoms with Gasteiger partial charge in [0.25, 0.3) is 0 Å². The number of nitrogens with zero attached hydrogens (tertiary/aromatic N) is 1. The third kappa shape index (κ3) is 7.02. The van der Waals surface area contributed by atoms with Crippen molar-refractivity contribution in [3.63, 3.8) is 0 Å². The Balaban J connectivity index is 2.15. The first-order valence-electron chi connectivity index (χ1n) is 10.3. The lowest BCUT2D eigenvalue weighted by Crippen LogP contribution is -2.65. The number of amides is 1. The first kappa shape index (κ1) is 27.3. The summed E-state index contributed by atoms with van der Waals surface area (Å²) in [6, 6.07) is -1.18. The molecule has 182 valence electrons. The number of hydrogen-bond acceptors (Lipinski definition) is 8. The lowest BCUT2D eigenvalue weighted by Gasteiger charge is -2.45. The maximum atomic E-state index is 13.0. The molecule has 2 unspecified atom stereocenters. The van der Waals surface area contributed by atoms with Crippen molar-refractivity contribution in [1.82, 2.24) is 10.2 Å². The molecule has 0 aromatic carbocycles. The van der Waals surface area contributed by atoms with Crippen LogP contribution in [0.4, 0.5) is 0 Å². The summed E-state index contributed by atoms with van der Waals surface area (Å²) in [4.78, 5) is 33.3. The van der Waals surface area contributed by atoms with E-state index in [0.29, 0.717) is 5.92 Å². The monoisotopic (exact) mass is 504 g/mol. The maximum absolute atomic E-state index is 13.0. The molecular formula is C18H34ClN2O8PS. The largest absolute Gasteiger partial charge is 0.470 e. The zero-order chi connectivity index (χ0) is 23.5. The van der Waals surface area contributed by atoms with Crippen molar-refractivity contribution in [1.29, 1.82) is 0 Å². The number of halogens is 1. The molecule has 0 spiro atoms. The van der Waals surface area contributed by atoms with Crippen molar-refractivity contribution < 1.29 is 38.6 Å². The quantitative estimate of drug-likeness (QED) is 0.222. The molecule has 0 aromatic rings. The number of rotatable bonds is 9. The molecule has 2 heterocycles. The molecule has 0 radical (unpaired) electrons. The topological polar surface area (TPSA) is 149 Å². The Morgan fingerprint density at radius 1 is 1.39 bits per heavy atom. The van der Waals surface area contributed by atoms with Gasteiger partial charge in [0.05, 0.1) is 17.5 Å². The Bertz CT molecular complexity index is 654. The third-order valence-electron chi connectivity index (χ3n) is 5.87. The average Bonchev–Trinajstić information content (AvgIpc) is 3.03. The summed E-state index contributed by atoms with van der Waals surface area (Å²) >= 11 is 7.38. The van der Waals surface area contributed by atoms with E-state index in [0.717, 1.165) is 37.6 Å². The van der Waals surface area contributed by atoms with Gasteiger partial charge in [0, 0.05) is 6.54 Å². The summed E-state index contributed by atoms with van der Waals surface area (Å²) < 4.78 is 21.7. The van der Waals surface area contributed by atoms with E-state index in [4.69, 9.17) is 26.1 Å². The van der Waals surface area contributed by atoms with Gasteiger partial charge >= 0.3 is 7.82 Å². The molecule has 2 fully saturated rings. The normalized spacial score (nSPS) is 36.9. The smallest absolute Gasteiger partial charge is 0.388 e. The highest BCUT2D eigenvalue weighted by Gasteiger charge is 2.51. The average molecular weight is 505 g/mol. The van der Waals surface area contributed by atoms with Crippen LogP contribution in [-0.2, 0) is 18.6 Å². The fourth-order valence-corrected chi connectivity index (χ4v) is 5.93. The number of carbonyl (C=O) groups is 1. The van der Waals surface area contributed by atoms with Crippen LogP contribution in [0, 0.1) is 5.92 Å². The van der Waals surface area contributed by atoms with E-state index in [1.54, 1.807) is 13.2 Å². The predicted octanol–water partition coefficient (Wildman–Crippen LogP) is 0.506. The molecule has 2 rings (SSSR count). The summed E-state index contributed by atoms with van der Waals surface area (Å²) in [7, 11) is -3.04. The van der Waals surface area contributed by atoms with Crippen molar-refractivity contribution in [3.05, 3.63) is 0 Å². The van der Waals surface area contributed by atoms with Crippen LogP contribution < -0.4 is 5.32 Å². The second-order valence-corrected chi connectivity index (χ2v) is 11.1. The minimum atomic E-state index is -4.93. The fourth-order valence-electron chi connectivity index (χ4n) is 4.37. The van der Waals surface area contributed by atoms with Gasteiger partial charge in [-0.1, -0.05) is 13.3 Å². The molecule has 0 saturated carbocycles. The molecule has 2 aliphatic heterocycles. The number of alkyl halides is 1. The summed E-state index contributed by atoms with van der Waals surface area (Å²) in [5, 5.41) is 23.4. The molecule has 10 nitrogen and oxygen atoms in total. The van der Waals surface area contributed by atoms with E-state index < -0.39 is 49.1 Å². The number of likely N-dealkylation sites (tertiary alicyclic amines) is 1. The van der Waals surface area contributed by atoms with Gasteiger partial charge < -0.3 is 30.1 Å². The minimum absolute atomic E-state index is 0.238. The van der Waals surface area contributed by atoms with Gasteiger partial charge in [0.15, 0.2) is 0 Å². The molecule has 1 amide bonds. The van der Waals surface area contributed by atoms with Crippen LogP contribution in [0.3, 0.4) is 0 Å². The zero-order valence-corrected chi connectivity index (χ0v) is 20.6. The lowest BCUT2D eigenvalue weighted by atomic mass is 9.92. The summed E-state index contributed by atoms with van der Waals surface area (Å²) in [6.07, 6.45) is -1.37. The number of aliphatic hydroxyl groups is 2. The number of hydrogen-bond donors (Lipinski definition) is 5. The minimum Gasteiger partial charge on any atom is -0.388 e. The summed E-state index contributed by atoms with van der Waals surface area (Å²) in [5.41, 5.74) is -0.992. The number of aliphatic hydroxyl groups excluding tert-OH is 2. The molecule has 2 aliphatic rings. The molecule has 0 aromatic heterocycles. The molecule has 13 heteroatoms. The number of phosphoric ester groups is 1. The molecular weight excluding hydrogens is 471 g/mol. The number of ether oxygens (including phenoxy) is 1. The van der Waals surface area contributed by atoms with Crippen LogP contribution in [0.5, 0.6) is 0 Å². The second-order valence-electron chi connectivity index (χ2n) is 8.30. The Labute approximate surface area is 192 Å². The SMILES string of the molecule is CCC[C@@H]1C[C@@H](C(=O)NC(C2O[C@H](SC)[C@H](OP(=O)(O)O)[C@H](O)[C@H]2O)[C@H](C)Cl)N(C)C1. The van der Waals surface area contributed by atoms with Crippen molar-refractivity contribution >= 4 is 37.1 Å². The molecule has 0 aliphatic carbocycles. The third-order valence-corrected chi connectivity index (χ3v) is 7.50. The van der Waals surface area contributed by atoms with Gasteiger partial charge in [-0.25, -0.2) is 4.57 Å². The van der Waals surface area contributed by atoms with E-state index in [-0.39, 0.29) is 11.9 Å². The van der Waals surface area contributed by atoms with Gasteiger partial charge in [-0.05, 0) is 39.0 Å². The Kier molecular flexibility index (Phi) is 10.1. The van der Waals surface area contributed by atoms with E-state index in [1.807, 2.05) is 11.9 Å².